The van der Waals surface area contributed by atoms with Crippen molar-refractivity contribution in [2.45, 2.75) is 6.54 Å². The van der Waals surface area contributed by atoms with E-state index >= 15 is 0 Å². The van der Waals surface area contributed by atoms with Crippen molar-refractivity contribution in [3.8, 4) is 0 Å². The number of nitrogens with zero attached hydrogens (tertiary/aromatic N) is 3. The van der Waals surface area contributed by atoms with Crippen LogP contribution >= 0.6 is 15.9 Å². The van der Waals surface area contributed by atoms with E-state index in [-0.39, 0.29) is 0 Å². The van der Waals surface area contributed by atoms with Crippen LogP contribution in [0.5, 0.6) is 0 Å². The molecular formula is C9H8BrN3. The molecule has 0 N–H and O–H groups in total. The van der Waals surface area contributed by atoms with E-state index in [9.17, 15) is 0 Å². The third-order valence-electron chi connectivity index (χ3n) is 1.66. The molecule has 0 atom stereocenters. The van der Waals surface area contributed by atoms with Crippen LogP contribution in [-0.2, 0) is 6.54 Å². The molecule has 0 fully saturated rings. The van der Waals surface area contributed by atoms with E-state index in [0.717, 1.165) is 10.3 Å². The molecule has 0 unspecified atom stereocenters. The van der Waals surface area contributed by atoms with Crippen LogP contribution in [0.1, 0.15) is 5.69 Å². The van der Waals surface area contributed by atoms with Crippen molar-refractivity contribution >= 4 is 15.9 Å². The number of halogens is 1. The molecule has 0 radical (unpaired) electrons. The average molecular weight is 238 g/mol. The minimum atomic E-state index is 0.715. The van der Waals surface area contributed by atoms with Crippen molar-refractivity contribution in [2.75, 3.05) is 0 Å². The van der Waals surface area contributed by atoms with Crippen LogP contribution in [0.15, 0.2) is 41.3 Å². The highest BCUT2D eigenvalue weighted by Crippen LogP contribution is 2.06. The fourth-order valence-electron chi connectivity index (χ4n) is 1.10. The lowest BCUT2D eigenvalue weighted by atomic mass is 10.3. The molecule has 0 bridgehead atoms. The maximum atomic E-state index is 4.30. The van der Waals surface area contributed by atoms with E-state index in [1.165, 1.54) is 0 Å². The molecule has 3 nitrogen and oxygen atoms in total. The van der Waals surface area contributed by atoms with E-state index in [1.54, 1.807) is 6.20 Å². The van der Waals surface area contributed by atoms with Gasteiger partial charge in [-0.05, 0) is 34.1 Å². The molecule has 0 saturated carbocycles. The number of rotatable bonds is 2. The highest BCUT2D eigenvalue weighted by Gasteiger charge is 1.96. The van der Waals surface area contributed by atoms with Crippen molar-refractivity contribution in [1.82, 2.24) is 14.8 Å². The molecule has 66 valence electrons. The molecular weight excluding hydrogens is 230 g/mol. The van der Waals surface area contributed by atoms with Gasteiger partial charge in [0, 0.05) is 12.4 Å². The fourth-order valence-corrected chi connectivity index (χ4v) is 1.48. The van der Waals surface area contributed by atoms with Gasteiger partial charge in [0.2, 0.25) is 0 Å². The zero-order valence-electron chi connectivity index (χ0n) is 6.89. The van der Waals surface area contributed by atoms with Gasteiger partial charge < -0.3 is 0 Å². The van der Waals surface area contributed by atoms with Crippen LogP contribution in [0.4, 0.5) is 0 Å². The van der Waals surface area contributed by atoms with Crippen LogP contribution in [0.3, 0.4) is 0 Å². The van der Waals surface area contributed by atoms with Gasteiger partial charge in [-0.25, -0.2) is 4.98 Å². The summed E-state index contributed by atoms with van der Waals surface area (Å²) in [7, 11) is 0. The van der Waals surface area contributed by atoms with Gasteiger partial charge in [0.1, 0.15) is 4.60 Å². The summed E-state index contributed by atoms with van der Waals surface area (Å²) in [6, 6.07) is 7.76. The molecule has 2 heterocycles. The fraction of sp³-hybridized carbons (Fsp3) is 0.111. The van der Waals surface area contributed by atoms with Gasteiger partial charge in [0.05, 0.1) is 12.2 Å². The third-order valence-corrected chi connectivity index (χ3v) is 2.10. The summed E-state index contributed by atoms with van der Waals surface area (Å²) in [6.45, 7) is 0.715. The predicted octanol–water partition coefficient (Wildman–Crippen LogP) is 2.09. The van der Waals surface area contributed by atoms with E-state index in [4.69, 9.17) is 0 Å². The van der Waals surface area contributed by atoms with Crippen LogP contribution in [0, 0.1) is 0 Å². The smallest absolute Gasteiger partial charge is 0.106 e. The summed E-state index contributed by atoms with van der Waals surface area (Å²) < 4.78 is 2.70. The van der Waals surface area contributed by atoms with Crippen LogP contribution < -0.4 is 0 Å². The van der Waals surface area contributed by atoms with Crippen molar-refractivity contribution in [2.24, 2.45) is 0 Å². The monoisotopic (exact) mass is 237 g/mol. The van der Waals surface area contributed by atoms with E-state index in [2.05, 4.69) is 26.0 Å². The van der Waals surface area contributed by atoms with Gasteiger partial charge in [-0.2, -0.15) is 5.10 Å². The number of hydrogen-bond donors (Lipinski definition) is 0. The minimum Gasteiger partial charge on any atom is -0.267 e. The second-order valence-corrected chi connectivity index (χ2v) is 3.47. The second kappa shape index (κ2) is 3.70. The summed E-state index contributed by atoms with van der Waals surface area (Å²) in [4.78, 5) is 4.30. The summed E-state index contributed by atoms with van der Waals surface area (Å²) >= 11 is 3.33. The summed E-state index contributed by atoms with van der Waals surface area (Å²) in [6.07, 6.45) is 3.68. The Labute approximate surface area is 84.5 Å². The molecule has 4 heteroatoms. The molecule has 0 aromatic carbocycles. The van der Waals surface area contributed by atoms with Crippen LogP contribution in [0.25, 0.3) is 0 Å². The second-order valence-electron chi connectivity index (χ2n) is 2.66. The van der Waals surface area contributed by atoms with Crippen molar-refractivity contribution in [3.63, 3.8) is 0 Å². The summed E-state index contributed by atoms with van der Waals surface area (Å²) in [5.74, 6) is 0. The number of pyridine rings is 1. The summed E-state index contributed by atoms with van der Waals surface area (Å²) in [5.41, 5.74) is 0.998. The first-order chi connectivity index (χ1) is 6.34. The van der Waals surface area contributed by atoms with Gasteiger partial charge in [-0.1, -0.05) is 6.07 Å². The number of aromatic nitrogens is 3. The molecule has 0 aliphatic rings. The lowest BCUT2D eigenvalue weighted by Gasteiger charge is -2.00. The quantitative estimate of drug-likeness (QED) is 0.750. The topological polar surface area (TPSA) is 30.7 Å². The Kier molecular flexibility index (Phi) is 2.40. The molecule has 0 aliphatic heterocycles. The maximum absolute atomic E-state index is 4.30. The van der Waals surface area contributed by atoms with Gasteiger partial charge >= 0.3 is 0 Å². The van der Waals surface area contributed by atoms with Gasteiger partial charge in [0.25, 0.3) is 0 Å². The van der Waals surface area contributed by atoms with Gasteiger partial charge in [-0.15, -0.1) is 0 Å². The van der Waals surface area contributed by atoms with Crippen molar-refractivity contribution in [1.29, 1.82) is 0 Å². The SMILES string of the molecule is Brc1cccc(Cn2cccn2)n1. The molecule has 2 rings (SSSR count). The van der Waals surface area contributed by atoms with Crippen molar-refractivity contribution < 1.29 is 0 Å². The Balaban J connectivity index is 2.19. The third kappa shape index (κ3) is 2.15. The molecule has 2 aromatic heterocycles. The van der Waals surface area contributed by atoms with Gasteiger partial charge in [-0.3, -0.25) is 4.68 Å². The molecule has 2 aromatic rings. The Hall–Kier alpha value is -1.16. The Morgan fingerprint density at radius 1 is 1.31 bits per heavy atom. The Morgan fingerprint density at radius 2 is 2.23 bits per heavy atom. The van der Waals surface area contributed by atoms with E-state index in [0.29, 0.717) is 6.54 Å². The highest BCUT2D eigenvalue weighted by molar-refractivity contribution is 9.10. The largest absolute Gasteiger partial charge is 0.267 e. The van der Waals surface area contributed by atoms with E-state index in [1.807, 2.05) is 35.1 Å². The van der Waals surface area contributed by atoms with Crippen LogP contribution in [0.2, 0.25) is 0 Å². The lowest BCUT2D eigenvalue weighted by molar-refractivity contribution is 0.671. The zero-order chi connectivity index (χ0) is 9.10. The average Bonchev–Trinajstić information content (AvgIpc) is 2.57. The first-order valence-electron chi connectivity index (χ1n) is 3.93. The van der Waals surface area contributed by atoms with Crippen molar-refractivity contribution in [3.05, 3.63) is 47.0 Å². The van der Waals surface area contributed by atoms with Gasteiger partial charge in [0.15, 0.2) is 0 Å². The first-order valence-corrected chi connectivity index (χ1v) is 4.73. The molecule has 0 aliphatic carbocycles. The maximum Gasteiger partial charge on any atom is 0.106 e. The lowest BCUT2D eigenvalue weighted by Crippen LogP contribution is -2.01. The molecule has 13 heavy (non-hydrogen) atoms. The highest BCUT2D eigenvalue weighted by atomic mass is 79.9. The van der Waals surface area contributed by atoms with E-state index < -0.39 is 0 Å². The molecule has 0 amide bonds. The molecule has 0 spiro atoms. The Bertz CT molecular complexity index is 384. The normalized spacial score (nSPS) is 10.2. The zero-order valence-corrected chi connectivity index (χ0v) is 8.48. The first kappa shape index (κ1) is 8.44. The summed E-state index contributed by atoms with van der Waals surface area (Å²) in [5, 5.41) is 4.10. The standard InChI is InChI=1S/C9H8BrN3/c10-9-4-1-3-8(12-9)7-13-6-2-5-11-13/h1-6H,7H2. The predicted molar refractivity (Wildman–Crippen MR) is 53.3 cm³/mol. The number of hydrogen-bond acceptors (Lipinski definition) is 2. The minimum absolute atomic E-state index is 0.715. The Morgan fingerprint density at radius 3 is 2.92 bits per heavy atom. The molecule has 0 saturated heterocycles. The van der Waals surface area contributed by atoms with Crippen LogP contribution in [-0.4, -0.2) is 14.8 Å².